The van der Waals surface area contributed by atoms with Crippen LogP contribution in [0.1, 0.15) is 77.9 Å². The van der Waals surface area contributed by atoms with Gasteiger partial charge in [0.05, 0.1) is 22.1 Å². The minimum atomic E-state index is 0.961. The van der Waals surface area contributed by atoms with Gasteiger partial charge in [0.2, 0.25) is 5.78 Å². The van der Waals surface area contributed by atoms with Gasteiger partial charge in [-0.3, -0.25) is 8.97 Å². The lowest BCUT2D eigenvalue weighted by Crippen LogP contribution is -1.94. The molecule has 0 aliphatic carbocycles. The normalized spacial score (nSPS) is 10.9. The molecule has 0 bridgehead atoms. The number of benzene rings is 12. The number of imidazole rings is 2. The summed E-state index contributed by atoms with van der Waals surface area (Å²) in [7, 11) is 0. The zero-order chi connectivity index (χ0) is 65.4. The van der Waals surface area contributed by atoms with Crippen LogP contribution in [-0.2, 0) is 0 Å². The molecule has 93 heavy (non-hydrogen) atoms. The van der Waals surface area contributed by atoms with Crippen molar-refractivity contribution in [2.24, 2.45) is 0 Å². The van der Waals surface area contributed by atoms with Gasteiger partial charge in [0, 0.05) is 38.0 Å². The van der Waals surface area contributed by atoms with Crippen molar-refractivity contribution < 1.29 is 13.3 Å². The van der Waals surface area contributed by atoms with Crippen molar-refractivity contribution in [3.8, 4) is 5.69 Å². The maximum Gasteiger partial charge on any atom is 0.220 e. The van der Waals surface area contributed by atoms with Crippen LogP contribution in [0.4, 0.5) is 0 Å². The van der Waals surface area contributed by atoms with E-state index in [1.54, 1.807) is 0 Å². The van der Waals surface area contributed by atoms with Gasteiger partial charge in [-0.15, -0.1) is 0 Å². The van der Waals surface area contributed by atoms with E-state index in [4.69, 9.17) is 18.2 Å². The largest absolute Gasteiger partial charge is 0.456 e. The molecule has 0 spiro atoms. The first kappa shape index (κ1) is 63.9. The highest BCUT2D eigenvalue weighted by Gasteiger charge is 2.18. The predicted molar refractivity (Wildman–Crippen MR) is 396 cm³/mol. The molecule has 0 fully saturated rings. The Morgan fingerprint density at radius 1 is 0.258 bits per heavy atom. The van der Waals surface area contributed by atoms with E-state index in [1.807, 2.05) is 42.5 Å². The van der Waals surface area contributed by atoms with Gasteiger partial charge in [0.1, 0.15) is 33.5 Å². The summed E-state index contributed by atoms with van der Waals surface area (Å²) in [4.78, 5) is 4.93. The van der Waals surface area contributed by atoms with Gasteiger partial charge in [-0.2, -0.15) is 0 Å². The van der Waals surface area contributed by atoms with E-state index in [1.165, 1.54) is 121 Å². The molecule has 0 aliphatic heterocycles. The standard InChI is InChI=1S/C21H17N3.3C14H12O.3C8H10/c1-14-8-10-17-19(12-14)24-20-13-15(2)9-11-18(20)23(21(24)22-17)16-6-4-3-5-7-16;1-9-3-5-13-11(7-9)12-8-10(2)4-6-14(12)15-13;1-9-6-7-12-11(8-9)14-10(2)4-3-5-13(14)15-12;1-9-6-7-13-12(8-9)11-5-3-4-10(2)14(11)15-13;1-7-3-5-8(2)6-4-7;1-7-4-3-5-8(2)6-7;1-7-5-3-4-6-8(7)2/h3-13H,1-2H3;3*3-8H,1-2H3;3*3-6H,1-2H3. The second-order valence-corrected chi connectivity index (χ2v) is 25.0. The van der Waals surface area contributed by atoms with Crippen molar-refractivity contribution >= 4 is 93.7 Å². The van der Waals surface area contributed by atoms with Gasteiger partial charge in [0.25, 0.3) is 0 Å². The topological polar surface area (TPSA) is 61.7 Å². The number of para-hydroxylation sites is 2. The molecular formula is C87H83N3O3. The molecule has 0 N–H and O–H groups in total. The van der Waals surface area contributed by atoms with Crippen molar-refractivity contribution in [2.45, 2.75) is 96.9 Å². The van der Waals surface area contributed by atoms with Crippen molar-refractivity contribution in [1.29, 1.82) is 0 Å². The lowest BCUT2D eigenvalue weighted by molar-refractivity contribution is 0.665. The fourth-order valence-electron chi connectivity index (χ4n) is 11.8. The van der Waals surface area contributed by atoms with Gasteiger partial charge >= 0.3 is 0 Å². The molecular weight excluding hydrogens is 1130 g/mol. The number of aryl methyl sites for hydroxylation is 14. The third kappa shape index (κ3) is 14.7. The van der Waals surface area contributed by atoms with Gasteiger partial charge in [-0.05, 0) is 221 Å². The summed E-state index contributed by atoms with van der Waals surface area (Å²) in [6, 6.07) is 86.5. The third-order valence-electron chi connectivity index (χ3n) is 16.9. The number of fused-ring (bicyclic) bond motifs is 14. The molecule has 0 saturated heterocycles. The molecule has 0 unspecified atom stereocenters. The van der Waals surface area contributed by atoms with Gasteiger partial charge in [-0.1, -0.05) is 202 Å². The quantitative estimate of drug-likeness (QED) is 0.164. The van der Waals surface area contributed by atoms with E-state index >= 15 is 0 Å². The molecule has 0 atom stereocenters. The molecule has 17 aromatic rings. The van der Waals surface area contributed by atoms with Crippen molar-refractivity contribution in [1.82, 2.24) is 14.0 Å². The van der Waals surface area contributed by atoms with Crippen LogP contribution in [-0.4, -0.2) is 14.0 Å². The van der Waals surface area contributed by atoms with Crippen LogP contribution in [0, 0.1) is 96.9 Å². The fraction of sp³-hybridized carbons (Fsp3) is 0.161. The maximum atomic E-state index is 5.84. The number of rotatable bonds is 1. The lowest BCUT2D eigenvalue weighted by Gasteiger charge is -2.04. The van der Waals surface area contributed by atoms with Crippen molar-refractivity contribution in [3.05, 3.63) is 327 Å². The van der Waals surface area contributed by atoms with Gasteiger partial charge in [0.15, 0.2) is 0 Å². The molecule has 6 heteroatoms. The minimum absolute atomic E-state index is 0.961. The molecule has 0 radical (unpaired) electrons. The number of furan rings is 3. The monoisotopic (exact) mass is 1220 g/mol. The van der Waals surface area contributed by atoms with E-state index in [0.29, 0.717) is 0 Å². The first-order valence-electron chi connectivity index (χ1n) is 32.1. The van der Waals surface area contributed by atoms with Crippen LogP contribution < -0.4 is 0 Å². The van der Waals surface area contributed by atoms with E-state index < -0.39 is 0 Å². The molecule has 12 aromatic carbocycles. The summed E-state index contributed by atoms with van der Waals surface area (Å²) in [5.41, 5.74) is 29.7. The van der Waals surface area contributed by atoms with Gasteiger partial charge < -0.3 is 13.3 Å². The average molecular weight is 1220 g/mol. The molecule has 0 saturated carbocycles. The van der Waals surface area contributed by atoms with Crippen LogP contribution >= 0.6 is 0 Å². The maximum absolute atomic E-state index is 5.84. The average Bonchev–Trinajstić information content (AvgIpc) is 1.57. The lowest BCUT2D eigenvalue weighted by atomic mass is 10.1. The summed E-state index contributed by atoms with van der Waals surface area (Å²) in [6.45, 7) is 29.5. The van der Waals surface area contributed by atoms with E-state index in [9.17, 15) is 0 Å². The number of aromatic nitrogens is 3. The molecule has 464 valence electrons. The van der Waals surface area contributed by atoms with Crippen LogP contribution in [0.3, 0.4) is 0 Å². The molecule has 5 aromatic heterocycles. The van der Waals surface area contributed by atoms with E-state index in [0.717, 1.165) is 56.0 Å². The number of nitrogens with zero attached hydrogens (tertiary/aromatic N) is 3. The Morgan fingerprint density at radius 3 is 1.22 bits per heavy atom. The second-order valence-electron chi connectivity index (χ2n) is 25.0. The van der Waals surface area contributed by atoms with Crippen molar-refractivity contribution in [2.75, 3.05) is 0 Å². The Labute approximate surface area is 547 Å². The molecule has 6 nitrogen and oxygen atoms in total. The first-order valence-corrected chi connectivity index (χ1v) is 32.1. The highest BCUT2D eigenvalue weighted by Crippen LogP contribution is 2.35. The zero-order valence-corrected chi connectivity index (χ0v) is 56.2. The Balaban J connectivity index is 0.000000115. The predicted octanol–water partition coefficient (Wildman–Crippen LogP) is 24.6. The molecule has 0 aliphatic rings. The first-order chi connectivity index (χ1) is 44.8. The summed E-state index contributed by atoms with van der Waals surface area (Å²) in [6.07, 6.45) is 0. The van der Waals surface area contributed by atoms with Crippen LogP contribution in [0.2, 0.25) is 0 Å². The summed E-state index contributed by atoms with van der Waals surface area (Å²) in [5.74, 6) is 0.961. The molecule has 0 amide bonds. The minimum Gasteiger partial charge on any atom is -0.456 e. The van der Waals surface area contributed by atoms with E-state index in [2.05, 4.69) is 312 Å². The number of hydrogen-bond donors (Lipinski definition) is 0. The van der Waals surface area contributed by atoms with Crippen molar-refractivity contribution in [3.63, 3.8) is 0 Å². The highest BCUT2D eigenvalue weighted by atomic mass is 16.3. The molecule has 17 rings (SSSR count). The van der Waals surface area contributed by atoms with Crippen LogP contribution in [0.5, 0.6) is 0 Å². The Morgan fingerprint density at radius 2 is 0.667 bits per heavy atom. The Bertz CT molecular complexity index is 5300. The highest BCUT2D eigenvalue weighted by molar-refractivity contribution is 6.08. The van der Waals surface area contributed by atoms with E-state index in [-0.39, 0.29) is 0 Å². The fourth-order valence-corrected chi connectivity index (χ4v) is 11.8. The Kier molecular flexibility index (Phi) is 19.4. The molecule has 5 heterocycles. The third-order valence-corrected chi connectivity index (χ3v) is 16.9. The van der Waals surface area contributed by atoms with Crippen LogP contribution in [0.15, 0.2) is 262 Å². The smallest absolute Gasteiger partial charge is 0.220 e. The number of hydrogen-bond acceptors (Lipinski definition) is 4. The zero-order valence-electron chi connectivity index (χ0n) is 56.2. The summed E-state index contributed by atoms with van der Waals surface area (Å²) >= 11 is 0. The Hall–Kier alpha value is -10.7. The summed E-state index contributed by atoms with van der Waals surface area (Å²) < 4.78 is 21.9. The SMILES string of the molecule is Cc1ccc(C)cc1.Cc1ccc2nc3n(-c4ccccc4)c4ccc(C)cc4n3c2c1.Cc1ccc2oc3c(C)cccc3c2c1.Cc1ccc2oc3ccc(C)cc3c2c1.Cc1ccc2oc3cccc(C)c3c2c1.Cc1cccc(C)c1.Cc1ccccc1C. The second kappa shape index (κ2) is 28.2. The van der Waals surface area contributed by atoms with Gasteiger partial charge in [-0.25, -0.2) is 4.98 Å². The summed E-state index contributed by atoms with van der Waals surface area (Å²) in [5, 5.41) is 7.34. The van der Waals surface area contributed by atoms with Crippen LogP contribution in [0.25, 0.3) is 99.3 Å².